The molecule has 0 radical (unpaired) electrons. The fourth-order valence-electron chi connectivity index (χ4n) is 1.63. The van der Waals surface area contributed by atoms with Crippen molar-refractivity contribution in [3.8, 4) is 17.1 Å². The first kappa shape index (κ1) is 14.5. The lowest BCUT2D eigenvalue weighted by Crippen LogP contribution is -2.00. The van der Waals surface area contributed by atoms with Crippen LogP contribution in [0.5, 0.6) is 5.75 Å². The maximum absolute atomic E-state index is 13.4. The summed E-state index contributed by atoms with van der Waals surface area (Å²) in [7, 11) is 1.42. The molecule has 0 saturated heterocycles. The van der Waals surface area contributed by atoms with Crippen molar-refractivity contribution in [2.45, 2.75) is 13.3 Å². The zero-order valence-electron chi connectivity index (χ0n) is 10.4. The topological polar surface area (TPSA) is 35.0 Å². The summed E-state index contributed by atoms with van der Waals surface area (Å²) < 4.78 is 19.2. The third-order valence-corrected chi connectivity index (χ3v) is 4.35. The van der Waals surface area contributed by atoms with Gasteiger partial charge in [0.1, 0.15) is 5.15 Å². The van der Waals surface area contributed by atoms with Gasteiger partial charge in [0.15, 0.2) is 17.4 Å². The van der Waals surface area contributed by atoms with E-state index in [0.717, 1.165) is 15.7 Å². The second-order valence-electron chi connectivity index (χ2n) is 3.80. The maximum Gasteiger partial charge on any atom is 0.165 e. The Morgan fingerprint density at radius 1 is 1.37 bits per heavy atom. The second kappa shape index (κ2) is 6.00. The first-order chi connectivity index (χ1) is 9.06. The van der Waals surface area contributed by atoms with Crippen molar-refractivity contribution in [2.75, 3.05) is 7.11 Å². The lowest BCUT2D eigenvalue weighted by Gasteiger charge is -2.08. The van der Waals surface area contributed by atoms with Crippen LogP contribution >= 0.6 is 34.2 Å². The number of ether oxygens (including phenoxy) is 1. The van der Waals surface area contributed by atoms with Crippen LogP contribution in [-0.2, 0) is 6.42 Å². The summed E-state index contributed by atoms with van der Waals surface area (Å²) in [5.74, 6) is 0.216. The molecule has 19 heavy (non-hydrogen) atoms. The second-order valence-corrected chi connectivity index (χ2v) is 5.24. The molecule has 1 heterocycles. The first-order valence-corrected chi connectivity index (χ1v) is 7.08. The molecule has 3 nitrogen and oxygen atoms in total. The predicted molar refractivity (Wildman–Crippen MR) is 81.1 cm³/mol. The molecule has 0 atom stereocenters. The molecule has 0 bridgehead atoms. The van der Waals surface area contributed by atoms with Gasteiger partial charge >= 0.3 is 0 Å². The molecule has 0 aliphatic rings. The van der Waals surface area contributed by atoms with E-state index in [4.69, 9.17) is 16.3 Å². The number of halogens is 3. The minimum atomic E-state index is -0.418. The lowest BCUT2D eigenvalue weighted by atomic mass is 10.2. The molecule has 0 aliphatic heterocycles. The largest absolute Gasteiger partial charge is 0.494 e. The molecule has 0 aliphatic carbocycles. The molecule has 0 fully saturated rings. The van der Waals surface area contributed by atoms with Crippen LogP contribution in [0.2, 0.25) is 5.15 Å². The Morgan fingerprint density at radius 2 is 2.11 bits per heavy atom. The number of hydrogen-bond donors (Lipinski definition) is 0. The van der Waals surface area contributed by atoms with E-state index in [1.807, 2.05) is 6.92 Å². The van der Waals surface area contributed by atoms with Crippen molar-refractivity contribution in [1.82, 2.24) is 9.97 Å². The van der Waals surface area contributed by atoms with Gasteiger partial charge in [-0.15, -0.1) is 0 Å². The SMILES string of the molecule is CCc1nc(-c2ccc(F)c(OC)c2)nc(Cl)c1I. The van der Waals surface area contributed by atoms with Gasteiger partial charge in [-0.2, -0.15) is 0 Å². The number of aromatic nitrogens is 2. The molecule has 0 amide bonds. The van der Waals surface area contributed by atoms with E-state index in [1.54, 1.807) is 12.1 Å². The van der Waals surface area contributed by atoms with E-state index in [0.29, 0.717) is 16.5 Å². The summed E-state index contributed by atoms with van der Waals surface area (Å²) in [6.45, 7) is 2.00. The van der Waals surface area contributed by atoms with E-state index in [2.05, 4.69) is 32.6 Å². The minimum Gasteiger partial charge on any atom is -0.494 e. The van der Waals surface area contributed by atoms with Crippen LogP contribution in [0.25, 0.3) is 11.4 Å². The summed E-state index contributed by atoms with van der Waals surface area (Å²) in [6, 6.07) is 4.50. The lowest BCUT2D eigenvalue weighted by molar-refractivity contribution is 0.386. The molecule has 0 saturated carbocycles. The summed E-state index contributed by atoms with van der Waals surface area (Å²) in [6.07, 6.45) is 0.756. The van der Waals surface area contributed by atoms with E-state index in [-0.39, 0.29) is 5.75 Å². The Labute approximate surface area is 129 Å². The van der Waals surface area contributed by atoms with Crippen molar-refractivity contribution in [3.63, 3.8) is 0 Å². The average molecular weight is 393 g/mol. The Kier molecular flexibility index (Phi) is 4.57. The Balaban J connectivity index is 2.55. The van der Waals surface area contributed by atoms with Crippen LogP contribution in [0.4, 0.5) is 4.39 Å². The Hall–Kier alpha value is -0.950. The third-order valence-electron chi connectivity index (χ3n) is 2.62. The average Bonchev–Trinajstić information content (AvgIpc) is 2.42. The number of aryl methyl sites for hydroxylation is 1. The van der Waals surface area contributed by atoms with Crippen LogP contribution < -0.4 is 4.74 Å². The quantitative estimate of drug-likeness (QED) is 0.582. The van der Waals surface area contributed by atoms with Crippen LogP contribution in [0, 0.1) is 9.39 Å². The molecule has 0 unspecified atom stereocenters. The van der Waals surface area contributed by atoms with Gasteiger partial charge in [0, 0.05) is 5.56 Å². The molecule has 1 aromatic heterocycles. The highest BCUT2D eigenvalue weighted by atomic mass is 127. The first-order valence-electron chi connectivity index (χ1n) is 5.62. The van der Waals surface area contributed by atoms with Gasteiger partial charge in [-0.1, -0.05) is 18.5 Å². The smallest absolute Gasteiger partial charge is 0.165 e. The van der Waals surface area contributed by atoms with Gasteiger partial charge in [0.05, 0.1) is 16.4 Å². The number of rotatable bonds is 3. The van der Waals surface area contributed by atoms with Crippen LogP contribution in [0.3, 0.4) is 0 Å². The molecular formula is C13H11ClFIN2O. The highest BCUT2D eigenvalue weighted by Crippen LogP contribution is 2.27. The van der Waals surface area contributed by atoms with Gasteiger partial charge in [-0.25, -0.2) is 14.4 Å². The van der Waals surface area contributed by atoms with Crippen molar-refractivity contribution in [1.29, 1.82) is 0 Å². The summed E-state index contributed by atoms with van der Waals surface area (Å²) in [5.41, 5.74) is 1.55. The van der Waals surface area contributed by atoms with Gasteiger partial charge in [0.2, 0.25) is 0 Å². The molecule has 2 aromatic rings. The van der Waals surface area contributed by atoms with E-state index >= 15 is 0 Å². The molecule has 100 valence electrons. The van der Waals surface area contributed by atoms with E-state index in [1.165, 1.54) is 13.2 Å². The molecule has 0 N–H and O–H groups in total. The van der Waals surface area contributed by atoms with E-state index < -0.39 is 5.82 Å². The highest BCUT2D eigenvalue weighted by Gasteiger charge is 2.12. The molecule has 1 aromatic carbocycles. The minimum absolute atomic E-state index is 0.161. The van der Waals surface area contributed by atoms with Gasteiger partial charge in [-0.3, -0.25) is 0 Å². The fraction of sp³-hybridized carbons (Fsp3) is 0.231. The number of nitrogens with zero attached hydrogens (tertiary/aromatic N) is 2. The summed E-state index contributed by atoms with van der Waals surface area (Å²) >= 11 is 8.21. The van der Waals surface area contributed by atoms with Crippen molar-refractivity contribution in [2.24, 2.45) is 0 Å². The molecule has 2 rings (SSSR count). The normalized spacial score (nSPS) is 10.6. The van der Waals surface area contributed by atoms with Gasteiger partial charge in [-0.05, 0) is 47.2 Å². The Bertz CT molecular complexity index is 622. The third kappa shape index (κ3) is 2.97. The van der Waals surface area contributed by atoms with Gasteiger partial charge < -0.3 is 4.74 Å². The van der Waals surface area contributed by atoms with Crippen LogP contribution in [0.1, 0.15) is 12.6 Å². The monoisotopic (exact) mass is 392 g/mol. The number of benzene rings is 1. The van der Waals surface area contributed by atoms with Gasteiger partial charge in [0.25, 0.3) is 0 Å². The maximum atomic E-state index is 13.4. The summed E-state index contributed by atoms with van der Waals surface area (Å²) in [4.78, 5) is 8.67. The zero-order chi connectivity index (χ0) is 14.0. The highest BCUT2D eigenvalue weighted by molar-refractivity contribution is 14.1. The van der Waals surface area contributed by atoms with Crippen molar-refractivity contribution in [3.05, 3.63) is 38.4 Å². The van der Waals surface area contributed by atoms with Crippen LogP contribution in [0.15, 0.2) is 18.2 Å². The fourth-order valence-corrected chi connectivity index (χ4v) is 2.44. The standard InChI is InChI=1S/C13H11ClFIN2O/c1-3-9-11(16)12(14)18-13(17-9)7-4-5-8(15)10(6-7)19-2/h4-6H,3H2,1-2H3. The van der Waals surface area contributed by atoms with Crippen LogP contribution in [-0.4, -0.2) is 17.1 Å². The molecule has 6 heteroatoms. The predicted octanol–water partition coefficient (Wildman–Crippen LogP) is 4.11. The zero-order valence-corrected chi connectivity index (χ0v) is 13.3. The van der Waals surface area contributed by atoms with E-state index in [9.17, 15) is 4.39 Å². The molecule has 0 spiro atoms. The number of hydrogen-bond acceptors (Lipinski definition) is 3. The Morgan fingerprint density at radius 3 is 2.74 bits per heavy atom. The number of methoxy groups -OCH3 is 1. The summed E-state index contributed by atoms with van der Waals surface area (Å²) in [5, 5.41) is 0.408. The van der Waals surface area contributed by atoms with Crippen molar-refractivity contribution >= 4 is 34.2 Å². The van der Waals surface area contributed by atoms with Crippen molar-refractivity contribution < 1.29 is 9.13 Å². The molecular weight excluding hydrogens is 382 g/mol.